The number of rotatable bonds is 8. The van der Waals surface area contributed by atoms with E-state index in [0.717, 1.165) is 6.07 Å². The molecule has 0 spiro atoms. The van der Waals surface area contributed by atoms with Gasteiger partial charge in [-0.15, -0.1) is 0 Å². The molecule has 1 fully saturated rings. The summed E-state index contributed by atoms with van der Waals surface area (Å²) in [7, 11) is 0. The molecule has 8 nitrogen and oxygen atoms in total. The van der Waals surface area contributed by atoms with E-state index >= 15 is 0 Å². The summed E-state index contributed by atoms with van der Waals surface area (Å²) in [6.07, 6.45) is -2.88. The van der Waals surface area contributed by atoms with Crippen LogP contribution in [0.15, 0.2) is 42.5 Å². The zero-order valence-electron chi connectivity index (χ0n) is 23.8. The lowest BCUT2D eigenvalue weighted by Crippen LogP contribution is -2.44. The van der Waals surface area contributed by atoms with Crippen molar-refractivity contribution in [1.29, 1.82) is 0 Å². The zero-order valence-corrected chi connectivity index (χ0v) is 24.6. The van der Waals surface area contributed by atoms with Crippen molar-refractivity contribution in [3.05, 3.63) is 59.4 Å². The summed E-state index contributed by atoms with van der Waals surface area (Å²) in [5, 5.41) is 0.119. The van der Waals surface area contributed by atoms with E-state index in [1.165, 1.54) is 17.0 Å². The maximum atomic E-state index is 13.5. The summed E-state index contributed by atoms with van der Waals surface area (Å²) in [6, 6.07) is 10.7. The van der Waals surface area contributed by atoms with E-state index in [1.54, 1.807) is 63.8 Å². The summed E-state index contributed by atoms with van der Waals surface area (Å²) >= 11 is 5.61. The highest BCUT2D eigenvalue weighted by Crippen LogP contribution is 2.39. The van der Waals surface area contributed by atoms with Gasteiger partial charge in [0, 0.05) is 16.9 Å². The molecule has 1 aliphatic heterocycles. The number of amides is 1. The van der Waals surface area contributed by atoms with Crippen molar-refractivity contribution < 1.29 is 32.6 Å². The van der Waals surface area contributed by atoms with Gasteiger partial charge < -0.3 is 19.1 Å². The fourth-order valence-electron chi connectivity index (χ4n) is 3.94. The van der Waals surface area contributed by atoms with Gasteiger partial charge in [-0.05, 0) is 101 Å². The molecule has 1 amide bonds. The molecule has 0 aromatic heterocycles. The number of ether oxygens (including phenoxy) is 3. The first-order valence-electron chi connectivity index (χ1n) is 12.7. The number of anilines is 2. The molecule has 1 saturated heterocycles. The molecule has 11 heteroatoms. The van der Waals surface area contributed by atoms with Crippen molar-refractivity contribution in [2.24, 2.45) is 0 Å². The Morgan fingerprint density at radius 1 is 1.07 bits per heavy atom. The average Bonchev–Trinajstić information content (AvgIpc) is 3.09. The van der Waals surface area contributed by atoms with Gasteiger partial charge in [-0.2, -0.15) is 0 Å². The number of halogens is 2. The predicted molar refractivity (Wildman–Crippen MR) is 158 cm³/mol. The Morgan fingerprint density at radius 3 is 2.29 bits per heavy atom. The lowest BCUT2D eigenvalue weighted by atomic mass is 10.0. The first kappa shape index (κ1) is 32.0. The first-order valence-corrected chi connectivity index (χ1v) is 13.1. The molecular formula is C31H29F2N3O5S. The highest BCUT2D eigenvalue weighted by atomic mass is 32.1. The second kappa shape index (κ2) is 13.4. The van der Waals surface area contributed by atoms with Crippen molar-refractivity contribution in [2.45, 2.75) is 52.2 Å². The van der Waals surface area contributed by atoms with Crippen LogP contribution in [0.1, 0.15) is 46.6 Å². The molecule has 0 unspecified atom stereocenters. The molecule has 0 radical (unpaired) electrons. The van der Waals surface area contributed by atoms with Gasteiger partial charge in [0.25, 0.3) is 12.3 Å². The number of hydrogen-bond acceptors (Lipinski definition) is 6. The van der Waals surface area contributed by atoms with Gasteiger partial charge in [0.1, 0.15) is 36.7 Å². The third-order valence-electron chi connectivity index (χ3n) is 5.75. The largest absolute Gasteiger partial charge is 0.481 e. The van der Waals surface area contributed by atoms with Gasteiger partial charge in [0.05, 0.1) is 6.57 Å². The molecule has 3 rings (SSSR count). The molecule has 0 atom stereocenters. The van der Waals surface area contributed by atoms with Crippen molar-refractivity contribution in [2.75, 3.05) is 29.6 Å². The van der Waals surface area contributed by atoms with Crippen molar-refractivity contribution >= 4 is 46.3 Å². The van der Waals surface area contributed by atoms with Crippen LogP contribution < -0.4 is 14.5 Å². The monoisotopic (exact) mass is 593 g/mol. The maximum absolute atomic E-state index is 13.5. The third-order valence-corrected chi connectivity index (χ3v) is 6.12. The van der Waals surface area contributed by atoms with Crippen LogP contribution in [0.2, 0.25) is 0 Å². The van der Waals surface area contributed by atoms with Crippen LogP contribution in [0.5, 0.6) is 5.75 Å². The molecule has 2 aromatic carbocycles. The number of nitrogens with zero attached hydrogens (tertiary/aromatic N) is 3. The fraction of sp³-hybridized carbons (Fsp3) is 0.355. The van der Waals surface area contributed by atoms with Crippen molar-refractivity contribution in [1.82, 2.24) is 0 Å². The molecular weight excluding hydrogens is 564 g/mol. The van der Waals surface area contributed by atoms with Crippen LogP contribution >= 0.6 is 12.2 Å². The second-order valence-corrected chi connectivity index (χ2v) is 10.8. The van der Waals surface area contributed by atoms with Crippen molar-refractivity contribution in [3.63, 3.8) is 0 Å². The molecule has 0 aliphatic carbocycles. The average molecular weight is 594 g/mol. The summed E-state index contributed by atoms with van der Waals surface area (Å²) in [5.74, 6) is 10.3. The number of hydrogen-bond donors (Lipinski definition) is 0. The summed E-state index contributed by atoms with van der Waals surface area (Å²) < 4.78 is 42.9. The molecule has 0 bridgehead atoms. The maximum Gasteiger partial charge on any atom is 0.332 e. The topological polar surface area (TPSA) is 72.7 Å². The van der Waals surface area contributed by atoms with E-state index in [4.69, 9.17) is 33.0 Å². The van der Waals surface area contributed by atoms with E-state index in [9.17, 15) is 18.4 Å². The van der Waals surface area contributed by atoms with E-state index in [0.29, 0.717) is 11.4 Å². The molecule has 2 aromatic rings. The molecule has 1 heterocycles. The summed E-state index contributed by atoms with van der Waals surface area (Å²) in [4.78, 5) is 30.9. The smallest absolute Gasteiger partial charge is 0.332 e. The van der Waals surface area contributed by atoms with E-state index in [2.05, 4.69) is 28.5 Å². The van der Waals surface area contributed by atoms with Crippen LogP contribution in [0.25, 0.3) is 4.85 Å². The highest BCUT2D eigenvalue weighted by molar-refractivity contribution is 7.81. The van der Waals surface area contributed by atoms with Gasteiger partial charge in [-0.25, -0.2) is 18.4 Å². The minimum atomic E-state index is -2.88. The molecule has 42 heavy (non-hydrogen) atoms. The Labute approximate surface area is 249 Å². The quantitative estimate of drug-likeness (QED) is 0.125. The minimum Gasteiger partial charge on any atom is -0.481 e. The number of esters is 1. The second-order valence-electron chi connectivity index (χ2n) is 10.4. The Bertz CT molecular complexity index is 1520. The van der Waals surface area contributed by atoms with E-state index < -0.39 is 35.0 Å². The van der Waals surface area contributed by atoms with Crippen LogP contribution in [0.4, 0.5) is 25.8 Å². The number of benzene rings is 2. The number of carbonyl (C=O) groups excluding carboxylic acids is 2. The standard InChI is InChI=1S/C31H29F2N3O5S/c1-30(2,3)41-26(37)20-39-17-9-7-8-10-18-40-23-14-11-21(12-15-23)36-29(42)35(28(38)31(36,4)5)22-13-16-25(34-6)24(19-22)27(32)33/h11-16,19,27H,17-18,20H2,1-5H3. The molecule has 0 saturated carbocycles. The first-order chi connectivity index (χ1) is 19.8. The lowest BCUT2D eigenvalue weighted by molar-refractivity contribution is -0.159. The van der Waals surface area contributed by atoms with Gasteiger partial charge in [-0.3, -0.25) is 9.69 Å². The predicted octanol–water partition coefficient (Wildman–Crippen LogP) is 5.84. The Balaban J connectivity index is 1.60. The van der Waals surface area contributed by atoms with E-state index in [-0.39, 0.29) is 36.3 Å². The van der Waals surface area contributed by atoms with Crippen molar-refractivity contribution in [3.8, 4) is 29.4 Å². The van der Waals surface area contributed by atoms with E-state index in [1.807, 2.05) is 0 Å². The van der Waals surface area contributed by atoms with Crippen LogP contribution in [-0.2, 0) is 19.1 Å². The van der Waals surface area contributed by atoms with Gasteiger partial charge in [-0.1, -0.05) is 12.0 Å². The lowest BCUT2D eigenvalue weighted by Gasteiger charge is -2.29. The molecule has 1 aliphatic rings. The summed E-state index contributed by atoms with van der Waals surface area (Å²) in [6.45, 7) is 15.7. The zero-order chi connectivity index (χ0) is 31.1. The fourth-order valence-corrected chi connectivity index (χ4v) is 4.46. The SMILES string of the molecule is [C-]#[N+]c1ccc(N2C(=O)C(C)(C)N(c3ccc(OCC#CC#CCOCC(=O)OC(C)(C)C)cc3)C2=S)cc1C(F)F. The van der Waals surface area contributed by atoms with Crippen LogP contribution in [0.3, 0.4) is 0 Å². The number of thiocarbonyl (C=S) groups is 1. The summed E-state index contributed by atoms with van der Waals surface area (Å²) in [5.41, 5.74) is -1.56. The minimum absolute atomic E-state index is 0.0323. The number of alkyl halides is 2. The Hall–Kier alpha value is -4.50. The molecule has 0 N–H and O–H groups in total. The Morgan fingerprint density at radius 2 is 1.69 bits per heavy atom. The number of carbonyl (C=O) groups is 2. The highest BCUT2D eigenvalue weighted by Gasteiger charge is 2.50. The Kier molecular flexibility index (Phi) is 10.2. The molecule has 218 valence electrons. The van der Waals surface area contributed by atoms with Gasteiger partial charge in [0.2, 0.25) is 0 Å². The van der Waals surface area contributed by atoms with Crippen LogP contribution in [-0.4, -0.2) is 47.9 Å². The van der Waals surface area contributed by atoms with Gasteiger partial charge >= 0.3 is 5.97 Å². The van der Waals surface area contributed by atoms with Gasteiger partial charge in [0.15, 0.2) is 10.8 Å². The van der Waals surface area contributed by atoms with Crippen LogP contribution in [0, 0.1) is 30.3 Å². The third kappa shape index (κ3) is 7.82. The normalized spacial score (nSPS) is 14.1.